The minimum atomic E-state index is -0.0794. The summed E-state index contributed by atoms with van der Waals surface area (Å²) in [4.78, 5) is 10.6. The van der Waals surface area contributed by atoms with Crippen LogP contribution in [0, 0.1) is 6.92 Å². The van der Waals surface area contributed by atoms with Crippen molar-refractivity contribution >= 4 is 11.5 Å². The number of rotatable bonds is 4. The van der Waals surface area contributed by atoms with Gasteiger partial charge in [0.25, 0.3) is 0 Å². The Bertz CT molecular complexity index is 493. The van der Waals surface area contributed by atoms with Crippen LogP contribution in [0.5, 0.6) is 0 Å². The van der Waals surface area contributed by atoms with Gasteiger partial charge >= 0.3 is 0 Å². The van der Waals surface area contributed by atoms with E-state index in [0.717, 1.165) is 18.1 Å². The minimum absolute atomic E-state index is 0.0794. The van der Waals surface area contributed by atoms with Gasteiger partial charge in [0.05, 0.1) is 24.7 Å². The molecule has 1 aromatic carbocycles. The van der Waals surface area contributed by atoms with Crippen molar-refractivity contribution in [2.24, 2.45) is 0 Å². The van der Waals surface area contributed by atoms with Crippen LogP contribution in [-0.4, -0.2) is 21.6 Å². The van der Waals surface area contributed by atoms with E-state index < -0.39 is 0 Å². The molecule has 1 N–H and O–H groups in total. The molecular formula is C14H17N3O. The second-order valence-corrected chi connectivity index (χ2v) is 4.10. The molecule has 0 saturated heterocycles. The van der Waals surface area contributed by atoms with Gasteiger partial charge in [-0.25, -0.2) is 4.98 Å². The highest BCUT2D eigenvalue weighted by atomic mass is 16.3. The Morgan fingerprint density at radius 2 is 1.83 bits per heavy atom. The van der Waals surface area contributed by atoms with Crippen LogP contribution >= 0.6 is 0 Å². The number of nitrogens with zero attached hydrogens (tertiary/aromatic N) is 3. The SMILES string of the molecule is CCN(c1ccc(C)cc1)c1cnc(CO)cn1. The number of aromatic nitrogens is 2. The molecule has 0 spiro atoms. The molecule has 0 saturated carbocycles. The maximum atomic E-state index is 8.96. The fraction of sp³-hybridized carbons (Fsp3) is 0.286. The third kappa shape index (κ3) is 2.65. The Kier molecular flexibility index (Phi) is 3.89. The number of aliphatic hydroxyl groups excluding tert-OH is 1. The number of hydrogen-bond donors (Lipinski definition) is 1. The van der Waals surface area contributed by atoms with Crippen LogP contribution in [0.2, 0.25) is 0 Å². The van der Waals surface area contributed by atoms with E-state index in [1.165, 1.54) is 5.56 Å². The molecule has 0 unspecified atom stereocenters. The molecular weight excluding hydrogens is 226 g/mol. The smallest absolute Gasteiger partial charge is 0.151 e. The number of anilines is 2. The van der Waals surface area contributed by atoms with Crippen LogP contribution in [0.4, 0.5) is 11.5 Å². The van der Waals surface area contributed by atoms with Gasteiger partial charge in [-0.15, -0.1) is 0 Å². The van der Waals surface area contributed by atoms with Crippen molar-refractivity contribution in [2.45, 2.75) is 20.5 Å². The summed E-state index contributed by atoms with van der Waals surface area (Å²) < 4.78 is 0. The summed E-state index contributed by atoms with van der Waals surface area (Å²) in [5.74, 6) is 0.790. The second-order valence-electron chi connectivity index (χ2n) is 4.10. The van der Waals surface area contributed by atoms with E-state index in [1.54, 1.807) is 12.4 Å². The summed E-state index contributed by atoms with van der Waals surface area (Å²) in [5, 5.41) is 8.96. The summed E-state index contributed by atoms with van der Waals surface area (Å²) in [7, 11) is 0. The lowest BCUT2D eigenvalue weighted by Crippen LogP contribution is -2.17. The van der Waals surface area contributed by atoms with Gasteiger partial charge in [0.15, 0.2) is 5.82 Å². The first kappa shape index (κ1) is 12.5. The predicted molar refractivity (Wildman–Crippen MR) is 71.8 cm³/mol. The van der Waals surface area contributed by atoms with Gasteiger partial charge in [0.2, 0.25) is 0 Å². The average Bonchev–Trinajstić information content (AvgIpc) is 2.42. The molecule has 4 heteroatoms. The van der Waals surface area contributed by atoms with Crippen LogP contribution < -0.4 is 4.90 Å². The maximum Gasteiger partial charge on any atom is 0.151 e. The summed E-state index contributed by atoms with van der Waals surface area (Å²) >= 11 is 0. The van der Waals surface area contributed by atoms with Crippen molar-refractivity contribution in [3.05, 3.63) is 47.9 Å². The van der Waals surface area contributed by atoms with Crippen molar-refractivity contribution in [1.82, 2.24) is 9.97 Å². The summed E-state index contributed by atoms with van der Waals surface area (Å²) in [6.45, 7) is 4.87. The maximum absolute atomic E-state index is 8.96. The van der Waals surface area contributed by atoms with Crippen LogP contribution in [0.25, 0.3) is 0 Å². The molecule has 0 aliphatic heterocycles. The zero-order valence-corrected chi connectivity index (χ0v) is 10.7. The molecule has 0 amide bonds. The van der Waals surface area contributed by atoms with Gasteiger partial charge in [0.1, 0.15) is 0 Å². The first-order valence-corrected chi connectivity index (χ1v) is 6.00. The first-order chi connectivity index (χ1) is 8.74. The van der Waals surface area contributed by atoms with Crippen molar-refractivity contribution < 1.29 is 5.11 Å². The van der Waals surface area contributed by atoms with E-state index in [4.69, 9.17) is 5.11 Å². The van der Waals surface area contributed by atoms with Gasteiger partial charge in [-0.2, -0.15) is 0 Å². The Morgan fingerprint density at radius 3 is 2.33 bits per heavy atom. The molecule has 1 heterocycles. The third-order valence-corrected chi connectivity index (χ3v) is 2.79. The quantitative estimate of drug-likeness (QED) is 0.896. The molecule has 0 radical (unpaired) electrons. The molecule has 2 aromatic rings. The minimum Gasteiger partial charge on any atom is -0.390 e. The normalized spacial score (nSPS) is 10.4. The van der Waals surface area contributed by atoms with Crippen molar-refractivity contribution in [3.63, 3.8) is 0 Å². The third-order valence-electron chi connectivity index (χ3n) is 2.79. The van der Waals surface area contributed by atoms with Gasteiger partial charge in [0, 0.05) is 12.2 Å². The molecule has 0 atom stereocenters. The molecule has 94 valence electrons. The first-order valence-electron chi connectivity index (χ1n) is 6.00. The molecule has 0 aliphatic rings. The molecule has 1 aromatic heterocycles. The zero-order valence-electron chi connectivity index (χ0n) is 10.7. The van der Waals surface area contributed by atoms with Gasteiger partial charge in [-0.3, -0.25) is 4.98 Å². The van der Waals surface area contributed by atoms with Gasteiger partial charge in [-0.05, 0) is 26.0 Å². The Labute approximate surface area is 107 Å². The molecule has 0 aliphatic carbocycles. The van der Waals surface area contributed by atoms with E-state index >= 15 is 0 Å². The number of hydrogen-bond acceptors (Lipinski definition) is 4. The Balaban J connectivity index is 2.29. The molecule has 2 rings (SSSR count). The van der Waals surface area contributed by atoms with Crippen molar-refractivity contribution in [2.75, 3.05) is 11.4 Å². The molecule has 18 heavy (non-hydrogen) atoms. The van der Waals surface area contributed by atoms with E-state index in [-0.39, 0.29) is 6.61 Å². The zero-order chi connectivity index (χ0) is 13.0. The fourth-order valence-corrected chi connectivity index (χ4v) is 1.77. The summed E-state index contributed by atoms with van der Waals surface area (Å²) in [5.41, 5.74) is 2.91. The predicted octanol–water partition coefficient (Wildman–Crippen LogP) is 2.44. The number of aliphatic hydroxyl groups is 1. The van der Waals surface area contributed by atoms with Crippen LogP contribution in [-0.2, 0) is 6.61 Å². The van der Waals surface area contributed by atoms with Crippen LogP contribution in [0.1, 0.15) is 18.2 Å². The van der Waals surface area contributed by atoms with E-state index in [2.05, 4.69) is 53.0 Å². The Hall–Kier alpha value is -1.94. The van der Waals surface area contributed by atoms with Gasteiger partial charge < -0.3 is 10.0 Å². The molecule has 0 fully saturated rings. The fourth-order valence-electron chi connectivity index (χ4n) is 1.77. The Morgan fingerprint density at radius 1 is 1.11 bits per heavy atom. The highest BCUT2D eigenvalue weighted by Crippen LogP contribution is 2.22. The van der Waals surface area contributed by atoms with Crippen LogP contribution in [0.15, 0.2) is 36.7 Å². The lowest BCUT2D eigenvalue weighted by Gasteiger charge is -2.21. The van der Waals surface area contributed by atoms with Crippen LogP contribution in [0.3, 0.4) is 0 Å². The second kappa shape index (κ2) is 5.60. The monoisotopic (exact) mass is 243 g/mol. The highest BCUT2D eigenvalue weighted by Gasteiger charge is 2.08. The average molecular weight is 243 g/mol. The number of aryl methyl sites for hydroxylation is 1. The van der Waals surface area contributed by atoms with Gasteiger partial charge in [-0.1, -0.05) is 17.7 Å². The molecule has 0 bridgehead atoms. The van der Waals surface area contributed by atoms with E-state index in [1.807, 2.05) is 0 Å². The lowest BCUT2D eigenvalue weighted by molar-refractivity contribution is 0.276. The molecule has 4 nitrogen and oxygen atoms in total. The standard InChI is InChI=1S/C14H17N3O/c1-3-17(13-6-4-11(2)5-7-13)14-9-15-12(10-18)8-16-14/h4-9,18H,3,10H2,1-2H3. The summed E-state index contributed by atoms with van der Waals surface area (Å²) in [6.07, 6.45) is 3.29. The highest BCUT2D eigenvalue weighted by molar-refractivity contribution is 5.59. The van der Waals surface area contributed by atoms with Crippen molar-refractivity contribution in [1.29, 1.82) is 0 Å². The van der Waals surface area contributed by atoms with E-state index in [9.17, 15) is 0 Å². The summed E-state index contributed by atoms with van der Waals surface area (Å²) in [6, 6.07) is 8.29. The van der Waals surface area contributed by atoms with E-state index in [0.29, 0.717) is 5.69 Å². The topological polar surface area (TPSA) is 49.2 Å². The van der Waals surface area contributed by atoms with Crippen molar-refractivity contribution in [3.8, 4) is 0 Å². The number of benzene rings is 1. The largest absolute Gasteiger partial charge is 0.390 e. The lowest BCUT2D eigenvalue weighted by atomic mass is 10.2.